The molecule has 0 fully saturated rings. The van der Waals surface area contributed by atoms with Gasteiger partial charge in [0.15, 0.2) is 12.3 Å². The van der Waals surface area contributed by atoms with Crippen LogP contribution in [0, 0.1) is 17.0 Å². The maximum atomic E-state index is 12.1. The first-order chi connectivity index (χ1) is 13.9. The number of carbonyl (C=O) groups is 2. The highest BCUT2D eigenvalue weighted by atomic mass is 16.6. The van der Waals surface area contributed by atoms with E-state index in [0.717, 1.165) is 5.56 Å². The summed E-state index contributed by atoms with van der Waals surface area (Å²) in [6.45, 7) is 1.54. The highest BCUT2D eigenvalue weighted by Crippen LogP contribution is 2.21. The van der Waals surface area contributed by atoms with E-state index in [1.54, 1.807) is 6.92 Å². The lowest BCUT2D eigenvalue weighted by atomic mass is 10.2. The molecule has 0 aliphatic rings. The minimum Gasteiger partial charge on any atom is -0.451 e. The van der Waals surface area contributed by atoms with E-state index < -0.39 is 23.4 Å². The first-order valence-corrected chi connectivity index (χ1v) is 8.58. The van der Waals surface area contributed by atoms with E-state index in [0.29, 0.717) is 17.8 Å². The largest absolute Gasteiger partial charge is 0.451 e. The summed E-state index contributed by atoms with van der Waals surface area (Å²) in [5.41, 5.74) is 1.81. The molecule has 1 heterocycles. The highest BCUT2D eigenvalue weighted by molar-refractivity contribution is 5.95. The van der Waals surface area contributed by atoms with Crippen LogP contribution >= 0.6 is 0 Å². The molecule has 10 heteroatoms. The number of anilines is 1. The molecule has 0 unspecified atom stereocenters. The maximum absolute atomic E-state index is 12.1. The molecule has 1 amide bonds. The van der Waals surface area contributed by atoms with E-state index in [-0.39, 0.29) is 11.4 Å². The molecule has 0 aliphatic carbocycles. The minimum absolute atomic E-state index is 0.0137. The zero-order chi connectivity index (χ0) is 20.8. The van der Waals surface area contributed by atoms with Crippen molar-refractivity contribution in [1.82, 2.24) is 15.0 Å². The Balaban J connectivity index is 1.53. The van der Waals surface area contributed by atoms with Crippen molar-refractivity contribution in [2.45, 2.75) is 13.5 Å². The van der Waals surface area contributed by atoms with Gasteiger partial charge in [-0.3, -0.25) is 14.9 Å². The number of aromatic nitrogens is 3. The van der Waals surface area contributed by atoms with Gasteiger partial charge in [0.25, 0.3) is 11.6 Å². The van der Waals surface area contributed by atoms with Gasteiger partial charge in [0.2, 0.25) is 0 Å². The number of carbonyl (C=O) groups excluding carboxylic acids is 2. The fourth-order valence-corrected chi connectivity index (χ4v) is 2.53. The molecule has 148 valence electrons. The van der Waals surface area contributed by atoms with Gasteiger partial charge in [0, 0.05) is 17.8 Å². The highest BCUT2D eigenvalue weighted by Gasteiger charge is 2.16. The molecule has 0 radical (unpaired) electrons. The van der Waals surface area contributed by atoms with Gasteiger partial charge in [0.05, 0.1) is 17.7 Å². The third kappa shape index (κ3) is 5.22. The Hall–Kier alpha value is -4.08. The predicted molar refractivity (Wildman–Crippen MR) is 102 cm³/mol. The third-order valence-corrected chi connectivity index (χ3v) is 3.96. The van der Waals surface area contributed by atoms with Crippen LogP contribution in [0.25, 0.3) is 0 Å². The molecule has 0 spiro atoms. The van der Waals surface area contributed by atoms with Crippen molar-refractivity contribution >= 4 is 23.3 Å². The van der Waals surface area contributed by atoms with Gasteiger partial charge < -0.3 is 10.1 Å². The van der Waals surface area contributed by atoms with Crippen LogP contribution in [-0.4, -0.2) is 38.4 Å². The smallest absolute Gasteiger partial charge is 0.361 e. The van der Waals surface area contributed by atoms with Crippen molar-refractivity contribution in [3.63, 3.8) is 0 Å². The molecule has 0 atom stereocenters. The summed E-state index contributed by atoms with van der Waals surface area (Å²) < 4.78 is 6.44. The molecule has 1 aromatic heterocycles. The van der Waals surface area contributed by atoms with E-state index in [2.05, 4.69) is 15.6 Å². The SMILES string of the molecule is Cc1cc([N+](=O)[O-])ccc1NC(=O)COC(=O)c1cn(Cc2ccccc2)nn1. The number of nitrogens with one attached hydrogen (secondary N) is 1. The van der Waals surface area contributed by atoms with E-state index in [1.165, 1.54) is 29.1 Å². The molecule has 3 rings (SSSR count). The van der Waals surface area contributed by atoms with Gasteiger partial charge >= 0.3 is 5.97 Å². The van der Waals surface area contributed by atoms with E-state index in [4.69, 9.17) is 4.74 Å². The number of nitro groups is 1. The zero-order valence-electron chi connectivity index (χ0n) is 15.4. The lowest BCUT2D eigenvalue weighted by Crippen LogP contribution is -2.21. The number of nitrogens with zero attached hydrogens (tertiary/aromatic N) is 4. The van der Waals surface area contributed by atoms with Crippen LogP contribution in [0.5, 0.6) is 0 Å². The molecular formula is C19H17N5O5. The van der Waals surface area contributed by atoms with Crippen LogP contribution in [0.4, 0.5) is 11.4 Å². The zero-order valence-corrected chi connectivity index (χ0v) is 15.4. The summed E-state index contributed by atoms with van der Waals surface area (Å²) in [4.78, 5) is 34.3. The number of hydrogen-bond donors (Lipinski definition) is 1. The second-order valence-electron chi connectivity index (χ2n) is 6.17. The second-order valence-corrected chi connectivity index (χ2v) is 6.17. The Morgan fingerprint density at radius 2 is 1.97 bits per heavy atom. The molecule has 0 bridgehead atoms. The topological polar surface area (TPSA) is 129 Å². The van der Waals surface area contributed by atoms with Gasteiger partial charge in [-0.05, 0) is 24.1 Å². The number of ether oxygens (including phenoxy) is 1. The van der Waals surface area contributed by atoms with Crippen molar-refractivity contribution in [2.24, 2.45) is 0 Å². The van der Waals surface area contributed by atoms with Crippen molar-refractivity contribution in [3.8, 4) is 0 Å². The monoisotopic (exact) mass is 395 g/mol. The summed E-state index contributed by atoms with van der Waals surface area (Å²) in [6.07, 6.45) is 1.44. The number of esters is 1. The van der Waals surface area contributed by atoms with Gasteiger partial charge in [-0.15, -0.1) is 5.10 Å². The molecule has 1 N–H and O–H groups in total. The summed E-state index contributed by atoms with van der Waals surface area (Å²) in [6, 6.07) is 13.6. The summed E-state index contributed by atoms with van der Waals surface area (Å²) in [5.74, 6) is -1.35. The predicted octanol–water partition coefficient (Wildman–Crippen LogP) is 2.34. The van der Waals surface area contributed by atoms with E-state index in [1.807, 2.05) is 30.3 Å². The maximum Gasteiger partial charge on any atom is 0.361 e. The molecule has 0 aliphatic heterocycles. The van der Waals surface area contributed by atoms with Crippen molar-refractivity contribution in [1.29, 1.82) is 0 Å². The standard InChI is InChI=1S/C19H17N5O5/c1-13-9-15(24(27)28)7-8-16(13)20-18(25)12-29-19(26)17-11-23(22-21-17)10-14-5-3-2-4-6-14/h2-9,11H,10,12H2,1H3,(H,20,25). The second kappa shape index (κ2) is 8.74. The number of rotatable bonds is 7. The Bertz CT molecular complexity index is 1050. The van der Waals surface area contributed by atoms with Gasteiger partial charge in [-0.25, -0.2) is 9.48 Å². The minimum atomic E-state index is -0.778. The Morgan fingerprint density at radius 3 is 2.66 bits per heavy atom. The first-order valence-electron chi connectivity index (χ1n) is 8.58. The van der Waals surface area contributed by atoms with Gasteiger partial charge in [0.1, 0.15) is 0 Å². The first kappa shape index (κ1) is 19.7. The van der Waals surface area contributed by atoms with Crippen LogP contribution in [0.3, 0.4) is 0 Å². The molecule has 29 heavy (non-hydrogen) atoms. The number of benzene rings is 2. The van der Waals surface area contributed by atoms with Gasteiger partial charge in [-0.1, -0.05) is 35.5 Å². The molecule has 10 nitrogen and oxygen atoms in total. The Labute approximate surface area is 165 Å². The third-order valence-electron chi connectivity index (χ3n) is 3.96. The summed E-state index contributed by atoms with van der Waals surface area (Å²) in [7, 11) is 0. The molecule has 0 saturated heterocycles. The van der Waals surface area contributed by atoms with Crippen LogP contribution in [0.1, 0.15) is 21.6 Å². The number of amides is 1. The van der Waals surface area contributed by atoms with Gasteiger partial charge in [-0.2, -0.15) is 0 Å². The van der Waals surface area contributed by atoms with Crippen molar-refractivity contribution in [3.05, 3.63) is 81.7 Å². The van der Waals surface area contributed by atoms with Crippen LogP contribution in [0.15, 0.2) is 54.7 Å². The molecule has 0 saturated carbocycles. The number of non-ortho nitro benzene ring substituents is 1. The molecular weight excluding hydrogens is 378 g/mol. The fraction of sp³-hybridized carbons (Fsp3) is 0.158. The van der Waals surface area contributed by atoms with E-state index >= 15 is 0 Å². The normalized spacial score (nSPS) is 10.4. The van der Waals surface area contributed by atoms with Crippen molar-refractivity contribution < 1.29 is 19.2 Å². The molecule has 3 aromatic rings. The number of nitro benzene ring substituents is 1. The van der Waals surface area contributed by atoms with Crippen LogP contribution in [0.2, 0.25) is 0 Å². The number of aryl methyl sites for hydroxylation is 1. The average Bonchev–Trinajstić information content (AvgIpc) is 3.17. The quantitative estimate of drug-likeness (QED) is 0.369. The lowest BCUT2D eigenvalue weighted by molar-refractivity contribution is -0.384. The average molecular weight is 395 g/mol. The van der Waals surface area contributed by atoms with Crippen LogP contribution in [-0.2, 0) is 16.1 Å². The summed E-state index contributed by atoms with van der Waals surface area (Å²) >= 11 is 0. The Kier molecular flexibility index (Phi) is 5.93. The molecule has 2 aromatic carbocycles. The van der Waals surface area contributed by atoms with Crippen molar-refractivity contribution in [2.75, 3.05) is 11.9 Å². The van der Waals surface area contributed by atoms with E-state index in [9.17, 15) is 19.7 Å². The number of hydrogen-bond acceptors (Lipinski definition) is 7. The lowest BCUT2D eigenvalue weighted by Gasteiger charge is -2.08. The summed E-state index contributed by atoms with van der Waals surface area (Å²) in [5, 5.41) is 20.9. The fourth-order valence-electron chi connectivity index (χ4n) is 2.53. The Morgan fingerprint density at radius 1 is 1.21 bits per heavy atom. The van der Waals surface area contributed by atoms with Crippen LogP contribution < -0.4 is 5.32 Å².